The Kier molecular flexibility index (Phi) is 5.29. The molecule has 8 nitrogen and oxygen atoms in total. The van der Waals surface area contributed by atoms with Crippen molar-refractivity contribution in [3.05, 3.63) is 52.8 Å². The summed E-state index contributed by atoms with van der Waals surface area (Å²) in [6.45, 7) is 1.67. The molecular formula is C16H18N2O6S. The fourth-order valence-corrected chi connectivity index (χ4v) is 2.89. The number of nitrogens with zero attached hydrogens (tertiary/aromatic N) is 1. The quantitative estimate of drug-likeness (QED) is 0.799. The highest BCUT2D eigenvalue weighted by Gasteiger charge is 2.25. The van der Waals surface area contributed by atoms with Crippen LogP contribution in [0.2, 0.25) is 0 Å². The number of sulfonamides is 1. The molecule has 0 spiro atoms. The van der Waals surface area contributed by atoms with Crippen molar-refractivity contribution in [2.24, 2.45) is 0 Å². The Morgan fingerprint density at radius 2 is 1.80 bits per heavy atom. The second kappa shape index (κ2) is 7.08. The number of hydrogen-bond acceptors (Lipinski definition) is 5. The first-order chi connectivity index (χ1) is 11.6. The van der Waals surface area contributed by atoms with Gasteiger partial charge in [0.05, 0.1) is 11.1 Å². The summed E-state index contributed by atoms with van der Waals surface area (Å²) in [7, 11) is -1.02. The van der Waals surface area contributed by atoms with Crippen LogP contribution in [0.5, 0.6) is 0 Å². The van der Waals surface area contributed by atoms with Gasteiger partial charge in [-0.2, -0.15) is 0 Å². The van der Waals surface area contributed by atoms with Crippen LogP contribution in [0.3, 0.4) is 0 Å². The maximum atomic E-state index is 12.3. The van der Waals surface area contributed by atoms with Gasteiger partial charge < -0.3 is 14.8 Å². The lowest BCUT2D eigenvalue weighted by molar-refractivity contribution is 0.0696. The molecule has 0 fully saturated rings. The molecule has 0 atom stereocenters. The number of carbonyl (C=O) groups is 2. The molecule has 0 saturated heterocycles. The summed E-state index contributed by atoms with van der Waals surface area (Å²) < 4.78 is 30.3. The molecular weight excluding hydrogens is 348 g/mol. The van der Waals surface area contributed by atoms with Crippen molar-refractivity contribution in [3.63, 3.8) is 0 Å². The number of carboxylic acid groups (broad SMARTS) is 1. The van der Waals surface area contributed by atoms with Gasteiger partial charge in [-0.3, -0.25) is 4.79 Å². The van der Waals surface area contributed by atoms with Crippen LogP contribution in [0.25, 0.3) is 0 Å². The molecule has 1 amide bonds. The molecule has 0 aliphatic carbocycles. The minimum atomic E-state index is -3.76. The van der Waals surface area contributed by atoms with Gasteiger partial charge in [0.2, 0.25) is 5.09 Å². The number of benzene rings is 1. The summed E-state index contributed by atoms with van der Waals surface area (Å²) in [4.78, 5) is 23.0. The van der Waals surface area contributed by atoms with Crippen LogP contribution in [-0.4, -0.2) is 43.8 Å². The largest absolute Gasteiger partial charge is 0.478 e. The Morgan fingerprint density at radius 3 is 2.32 bits per heavy atom. The number of nitrogens with one attached hydrogen (secondary N) is 1. The van der Waals surface area contributed by atoms with Crippen LogP contribution in [0, 0.1) is 6.92 Å². The summed E-state index contributed by atoms with van der Waals surface area (Å²) in [5, 5.41) is 11.2. The normalized spacial score (nSPS) is 11.5. The maximum Gasteiger partial charge on any atom is 0.335 e. The van der Waals surface area contributed by atoms with Gasteiger partial charge in [0.25, 0.3) is 15.9 Å². The molecule has 2 aromatic rings. The second-order valence-electron chi connectivity index (χ2n) is 5.51. The first kappa shape index (κ1) is 18.7. The molecule has 134 valence electrons. The third kappa shape index (κ3) is 4.06. The Morgan fingerprint density at radius 1 is 1.20 bits per heavy atom. The van der Waals surface area contributed by atoms with E-state index in [0.717, 1.165) is 4.31 Å². The predicted octanol–water partition coefficient (Wildman–Crippen LogP) is 1.47. The molecule has 2 rings (SSSR count). The zero-order valence-corrected chi connectivity index (χ0v) is 14.8. The lowest BCUT2D eigenvalue weighted by Crippen LogP contribution is -2.23. The number of amides is 1. The van der Waals surface area contributed by atoms with Gasteiger partial charge in [-0.05, 0) is 24.6 Å². The van der Waals surface area contributed by atoms with Crippen molar-refractivity contribution in [1.82, 2.24) is 9.62 Å². The molecule has 0 bridgehead atoms. The van der Waals surface area contributed by atoms with Crippen LogP contribution in [0.15, 0.2) is 39.8 Å². The van der Waals surface area contributed by atoms with Crippen molar-refractivity contribution < 1.29 is 27.5 Å². The highest BCUT2D eigenvalue weighted by molar-refractivity contribution is 7.88. The van der Waals surface area contributed by atoms with Crippen LogP contribution < -0.4 is 5.32 Å². The molecule has 0 saturated carbocycles. The van der Waals surface area contributed by atoms with Gasteiger partial charge in [-0.25, -0.2) is 17.5 Å². The third-order valence-corrected chi connectivity index (χ3v) is 5.20. The first-order valence-corrected chi connectivity index (χ1v) is 8.70. The van der Waals surface area contributed by atoms with Crippen LogP contribution >= 0.6 is 0 Å². The fraction of sp³-hybridized carbons (Fsp3) is 0.250. The minimum absolute atomic E-state index is 0.127. The molecule has 0 aliphatic rings. The molecule has 0 radical (unpaired) electrons. The van der Waals surface area contributed by atoms with E-state index in [4.69, 9.17) is 9.52 Å². The molecule has 1 aromatic carbocycles. The summed E-state index contributed by atoms with van der Waals surface area (Å²) in [5.74, 6) is -1.32. The van der Waals surface area contributed by atoms with Crippen LogP contribution in [0.4, 0.5) is 0 Å². The lowest BCUT2D eigenvalue weighted by Gasteiger charge is -2.07. The number of rotatable bonds is 6. The number of carboxylic acids is 1. The van der Waals surface area contributed by atoms with Crippen LogP contribution in [0.1, 0.15) is 32.0 Å². The van der Waals surface area contributed by atoms with Crippen molar-refractivity contribution in [3.8, 4) is 0 Å². The number of furan rings is 1. The minimum Gasteiger partial charge on any atom is -0.478 e. The molecule has 0 aliphatic heterocycles. The molecule has 1 aromatic heterocycles. The number of aryl methyl sites for hydroxylation is 1. The average molecular weight is 366 g/mol. The van der Waals surface area contributed by atoms with Gasteiger partial charge in [-0.1, -0.05) is 12.1 Å². The molecule has 1 heterocycles. The summed E-state index contributed by atoms with van der Waals surface area (Å²) >= 11 is 0. The topological polar surface area (TPSA) is 117 Å². The standard InChI is InChI=1S/C16H18N2O6S/c1-10-13(8-14(24-10)25(22,23)18(2)3)15(19)17-9-11-4-6-12(7-5-11)16(20)21/h4-8H,9H2,1-3H3,(H,17,19)(H,20,21). The molecule has 0 unspecified atom stereocenters. The van der Waals surface area contributed by atoms with Crippen LogP contribution in [-0.2, 0) is 16.6 Å². The lowest BCUT2D eigenvalue weighted by atomic mass is 10.1. The maximum absolute atomic E-state index is 12.3. The van der Waals surface area contributed by atoms with E-state index >= 15 is 0 Å². The Bertz CT molecular complexity index is 897. The summed E-state index contributed by atoms with van der Waals surface area (Å²) in [6, 6.07) is 7.25. The van der Waals surface area contributed by atoms with Crippen molar-refractivity contribution in [2.75, 3.05) is 14.1 Å². The molecule has 25 heavy (non-hydrogen) atoms. The van der Waals surface area contributed by atoms with Gasteiger partial charge >= 0.3 is 5.97 Å². The Balaban J connectivity index is 2.11. The van der Waals surface area contributed by atoms with Gasteiger partial charge in [-0.15, -0.1) is 0 Å². The van der Waals surface area contributed by atoms with E-state index in [-0.39, 0.29) is 28.5 Å². The van der Waals surface area contributed by atoms with Crippen molar-refractivity contribution in [1.29, 1.82) is 0 Å². The van der Waals surface area contributed by atoms with E-state index < -0.39 is 21.9 Å². The van der Waals surface area contributed by atoms with Gasteiger partial charge in [0.15, 0.2) is 0 Å². The number of carbonyl (C=O) groups excluding carboxylic acids is 1. The highest BCUT2D eigenvalue weighted by Crippen LogP contribution is 2.21. The van der Waals surface area contributed by atoms with Crippen molar-refractivity contribution >= 4 is 21.9 Å². The molecule has 9 heteroatoms. The first-order valence-electron chi connectivity index (χ1n) is 7.26. The van der Waals surface area contributed by atoms with E-state index in [1.807, 2.05) is 0 Å². The summed E-state index contributed by atoms with van der Waals surface area (Å²) in [6.07, 6.45) is 0. The molecule has 2 N–H and O–H groups in total. The smallest absolute Gasteiger partial charge is 0.335 e. The predicted molar refractivity (Wildman–Crippen MR) is 88.9 cm³/mol. The fourth-order valence-electron chi connectivity index (χ4n) is 2.03. The SMILES string of the molecule is Cc1oc(S(=O)(=O)N(C)C)cc1C(=O)NCc1ccc(C(=O)O)cc1. The zero-order chi connectivity index (χ0) is 18.8. The monoisotopic (exact) mass is 366 g/mol. The zero-order valence-electron chi connectivity index (χ0n) is 13.9. The number of hydrogen-bond donors (Lipinski definition) is 2. The van der Waals surface area contributed by atoms with Gasteiger partial charge in [0.1, 0.15) is 5.76 Å². The third-order valence-electron chi connectivity index (χ3n) is 3.53. The van der Waals surface area contributed by atoms with Gasteiger partial charge in [0, 0.05) is 26.7 Å². The number of aromatic carboxylic acids is 1. The average Bonchev–Trinajstić information content (AvgIpc) is 2.95. The van der Waals surface area contributed by atoms with E-state index in [0.29, 0.717) is 5.56 Å². The Hall–Kier alpha value is -2.65. The summed E-state index contributed by atoms with van der Waals surface area (Å²) in [5.41, 5.74) is 0.988. The van der Waals surface area contributed by atoms with E-state index in [9.17, 15) is 18.0 Å². The Labute approximate surface area is 145 Å². The van der Waals surface area contributed by atoms with E-state index in [1.165, 1.54) is 39.2 Å². The van der Waals surface area contributed by atoms with Crippen molar-refractivity contribution in [2.45, 2.75) is 18.6 Å². The van der Waals surface area contributed by atoms with E-state index in [2.05, 4.69) is 5.32 Å². The van der Waals surface area contributed by atoms with E-state index in [1.54, 1.807) is 12.1 Å². The highest BCUT2D eigenvalue weighted by atomic mass is 32.2. The second-order valence-corrected chi connectivity index (χ2v) is 7.59.